The number of nitrogens with zero attached hydrogens (tertiary/aromatic N) is 1. The molecule has 1 atom stereocenters. The predicted octanol–water partition coefficient (Wildman–Crippen LogP) is 0.876. The number of nitrogens with one attached hydrogen (secondary N) is 2. The van der Waals surface area contributed by atoms with E-state index in [4.69, 9.17) is 0 Å². The molecule has 6 heteroatoms. The number of aryl methyl sites for hydroxylation is 1. The van der Waals surface area contributed by atoms with E-state index in [0.717, 1.165) is 0 Å². The van der Waals surface area contributed by atoms with Crippen LogP contribution in [-0.4, -0.2) is 29.4 Å². The topological polar surface area (TPSA) is 61.4 Å². The van der Waals surface area contributed by atoms with E-state index in [2.05, 4.69) is 10.7 Å². The summed E-state index contributed by atoms with van der Waals surface area (Å²) in [6.07, 6.45) is 0.399. The summed E-state index contributed by atoms with van der Waals surface area (Å²) in [5.74, 6) is -0.567. The van der Waals surface area contributed by atoms with Crippen LogP contribution in [0.1, 0.15) is 24.5 Å². The molecule has 1 aromatic rings. The Bertz CT molecular complexity index is 533. The van der Waals surface area contributed by atoms with E-state index in [1.165, 1.54) is 6.07 Å². The van der Waals surface area contributed by atoms with Gasteiger partial charge in [-0.2, -0.15) is 0 Å². The van der Waals surface area contributed by atoms with E-state index in [-0.39, 0.29) is 36.8 Å². The number of hydrogen-bond donors (Lipinski definition) is 2. The van der Waals surface area contributed by atoms with Crippen molar-refractivity contribution in [3.63, 3.8) is 0 Å². The summed E-state index contributed by atoms with van der Waals surface area (Å²) in [6.45, 7) is 3.93. The first-order valence-electron chi connectivity index (χ1n) is 6.53. The third kappa shape index (κ3) is 3.54. The average molecular weight is 279 g/mol. The van der Waals surface area contributed by atoms with Crippen LogP contribution >= 0.6 is 0 Å². The van der Waals surface area contributed by atoms with Gasteiger partial charge < -0.3 is 5.32 Å². The zero-order valence-corrected chi connectivity index (χ0v) is 11.6. The molecule has 108 valence electrons. The number of hydrogen-bond acceptors (Lipinski definition) is 3. The quantitative estimate of drug-likeness (QED) is 0.860. The molecule has 2 rings (SSSR count). The van der Waals surface area contributed by atoms with E-state index in [1.807, 2.05) is 6.92 Å². The predicted molar refractivity (Wildman–Crippen MR) is 71.9 cm³/mol. The number of carbonyl (C=O) groups is 2. The van der Waals surface area contributed by atoms with Gasteiger partial charge in [0, 0.05) is 19.0 Å². The summed E-state index contributed by atoms with van der Waals surface area (Å²) in [4.78, 5) is 22.9. The number of carbonyl (C=O) groups excluding carboxylic acids is 2. The van der Waals surface area contributed by atoms with Crippen LogP contribution in [0.5, 0.6) is 0 Å². The Balaban J connectivity index is 1.83. The maximum absolute atomic E-state index is 13.4. The van der Waals surface area contributed by atoms with E-state index in [1.54, 1.807) is 24.1 Å². The number of benzene rings is 1. The van der Waals surface area contributed by atoms with Crippen LogP contribution in [0.25, 0.3) is 0 Å². The molecular formula is C14H18FN3O2. The molecule has 0 aromatic heterocycles. The lowest BCUT2D eigenvalue weighted by Crippen LogP contribution is -2.44. The van der Waals surface area contributed by atoms with E-state index >= 15 is 0 Å². The standard InChI is InChI=1S/C14H18FN3O2/c1-9-3-4-11(6-12(9)15)7-16-14(20)8-18-10(2)5-13(19)17-18/h3-4,6,10H,5,7-8H2,1-2H3,(H,16,20)(H,17,19). The minimum Gasteiger partial charge on any atom is -0.351 e. The summed E-state index contributed by atoms with van der Waals surface area (Å²) in [7, 11) is 0. The second-order valence-electron chi connectivity index (χ2n) is 5.08. The van der Waals surface area contributed by atoms with Crippen LogP contribution < -0.4 is 10.7 Å². The van der Waals surface area contributed by atoms with Gasteiger partial charge in [0.2, 0.25) is 11.8 Å². The van der Waals surface area contributed by atoms with Gasteiger partial charge in [0.15, 0.2) is 0 Å². The molecule has 5 nitrogen and oxygen atoms in total. The van der Waals surface area contributed by atoms with Gasteiger partial charge in [0.1, 0.15) is 5.82 Å². The molecule has 0 radical (unpaired) electrons. The van der Waals surface area contributed by atoms with Gasteiger partial charge in [0.05, 0.1) is 6.54 Å². The van der Waals surface area contributed by atoms with Crippen LogP contribution in [0.2, 0.25) is 0 Å². The highest BCUT2D eigenvalue weighted by Crippen LogP contribution is 2.10. The zero-order valence-electron chi connectivity index (χ0n) is 11.6. The van der Waals surface area contributed by atoms with Crippen molar-refractivity contribution in [1.29, 1.82) is 0 Å². The first kappa shape index (κ1) is 14.5. The first-order valence-corrected chi connectivity index (χ1v) is 6.53. The average Bonchev–Trinajstić information content (AvgIpc) is 2.69. The third-order valence-electron chi connectivity index (χ3n) is 3.32. The Morgan fingerprint density at radius 2 is 2.30 bits per heavy atom. The Morgan fingerprint density at radius 1 is 1.55 bits per heavy atom. The van der Waals surface area contributed by atoms with Crippen molar-refractivity contribution < 1.29 is 14.0 Å². The van der Waals surface area contributed by atoms with E-state index in [0.29, 0.717) is 17.5 Å². The van der Waals surface area contributed by atoms with Gasteiger partial charge in [-0.15, -0.1) is 0 Å². The second-order valence-corrected chi connectivity index (χ2v) is 5.08. The van der Waals surface area contributed by atoms with Crippen LogP contribution in [-0.2, 0) is 16.1 Å². The highest BCUT2D eigenvalue weighted by molar-refractivity contribution is 5.81. The van der Waals surface area contributed by atoms with Crippen LogP contribution in [0.3, 0.4) is 0 Å². The van der Waals surface area contributed by atoms with Crippen molar-refractivity contribution in [2.75, 3.05) is 6.54 Å². The molecule has 1 heterocycles. The van der Waals surface area contributed by atoms with E-state index in [9.17, 15) is 14.0 Å². The van der Waals surface area contributed by atoms with Crippen molar-refractivity contribution in [1.82, 2.24) is 15.8 Å². The minimum atomic E-state index is -0.280. The van der Waals surface area contributed by atoms with Crippen molar-refractivity contribution in [3.05, 3.63) is 35.1 Å². The fraction of sp³-hybridized carbons (Fsp3) is 0.429. The molecule has 1 unspecified atom stereocenters. The molecule has 1 aliphatic heterocycles. The Morgan fingerprint density at radius 3 is 2.90 bits per heavy atom. The van der Waals surface area contributed by atoms with Crippen LogP contribution in [0.15, 0.2) is 18.2 Å². The molecule has 1 saturated heterocycles. The molecular weight excluding hydrogens is 261 g/mol. The summed E-state index contributed by atoms with van der Waals surface area (Å²) in [6, 6.07) is 4.87. The second kappa shape index (κ2) is 6.00. The van der Waals surface area contributed by atoms with E-state index < -0.39 is 0 Å². The fourth-order valence-corrected chi connectivity index (χ4v) is 2.05. The van der Waals surface area contributed by atoms with Gasteiger partial charge in [-0.05, 0) is 31.0 Å². The maximum atomic E-state index is 13.4. The summed E-state index contributed by atoms with van der Waals surface area (Å²) in [5, 5.41) is 4.31. The van der Waals surface area contributed by atoms with Crippen LogP contribution in [0.4, 0.5) is 4.39 Å². The smallest absolute Gasteiger partial charge is 0.236 e. The lowest BCUT2D eigenvalue weighted by atomic mass is 10.1. The monoisotopic (exact) mass is 279 g/mol. The van der Waals surface area contributed by atoms with Gasteiger partial charge in [0.25, 0.3) is 0 Å². The van der Waals surface area contributed by atoms with Gasteiger partial charge in [-0.25, -0.2) is 9.40 Å². The molecule has 0 bridgehead atoms. The third-order valence-corrected chi connectivity index (χ3v) is 3.32. The lowest BCUT2D eigenvalue weighted by molar-refractivity contribution is -0.124. The zero-order chi connectivity index (χ0) is 14.7. The Kier molecular flexibility index (Phi) is 4.34. The summed E-state index contributed by atoms with van der Waals surface area (Å²) >= 11 is 0. The molecule has 20 heavy (non-hydrogen) atoms. The highest BCUT2D eigenvalue weighted by atomic mass is 19.1. The molecule has 0 saturated carbocycles. The van der Waals surface area contributed by atoms with Crippen molar-refractivity contribution in [3.8, 4) is 0 Å². The Hall–Kier alpha value is -1.95. The molecule has 2 amide bonds. The first-order chi connectivity index (χ1) is 9.45. The van der Waals surface area contributed by atoms with Crippen LogP contribution in [0, 0.1) is 12.7 Å². The SMILES string of the molecule is Cc1ccc(CNC(=O)CN2NC(=O)CC2C)cc1F. The molecule has 0 spiro atoms. The molecule has 2 N–H and O–H groups in total. The molecule has 1 fully saturated rings. The lowest BCUT2D eigenvalue weighted by Gasteiger charge is -2.19. The molecule has 0 aliphatic carbocycles. The van der Waals surface area contributed by atoms with Gasteiger partial charge in [-0.3, -0.25) is 15.0 Å². The summed E-state index contributed by atoms with van der Waals surface area (Å²) < 4.78 is 13.4. The number of hydrazine groups is 1. The normalized spacial score (nSPS) is 18.9. The summed E-state index contributed by atoms with van der Waals surface area (Å²) in [5.41, 5.74) is 3.91. The maximum Gasteiger partial charge on any atom is 0.236 e. The fourth-order valence-electron chi connectivity index (χ4n) is 2.05. The number of halogens is 1. The van der Waals surface area contributed by atoms with Crippen molar-refractivity contribution >= 4 is 11.8 Å². The number of rotatable bonds is 4. The van der Waals surface area contributed by atoms with Gasteiger partial charge >= 0.3 is 0 Å². The van der Waals surface area contributed by atoms with Crippen molar-refractivity contribution in [2.24, 2.45) is 0 Å². The number of amides is 2. The molecule has 1 aliphatic rings. The highest BCUT2D eigenvalue weighted by Gasteiger charge is 2.27. The van der Waals surface area contributed by atoms with Gasteiger partial charge in [-0.1, -0.05) is 12.1 Å². The minimum absolute atomic E-state index is 0.00469. The van der Waals surface area contributed by atoms with Crippen molar-refractivity contribution in [2.45, 2.75) is 32.9 Å². The molecule has 1 aromatic carbocycles. The Labute approximate surface area is 117 Å². The largest absolute Gasteiger partial charge is 0.351 e.